The van der Waals surface area contributed by atoms with Crippen LogP contribution < -0.4 is 0 Å². The standard InChI is InChI=1S/C14H10F2O/c1-9-2-5-12(15)7-13(9)10-3-4-11(8-17)14(16)6-10/h2-8H,1H3. The average Bonchev–Trinajstić information content (AvgIpc) is 2.32. The Labute approximate surface area is 97.7 Å². The van der Waals surface area contributed by atoms with Crippen molar-refractivity contribution in [2.75, 3.05) is 0 Å². The molecular formula is C14H10F2O. The lowest BCUT2D eigenvalue weighted by molar-refractivity contribution is 0.112. The summed E-state index contributed by atoms with van der Waals surface area (Å²) in [5.74, 6) is -0.966. The zero-order valence-electron chi connectivity index (χ0n) is 9.21. The van der Waals surface area contributed by atoms with Gasteiger partial charge in [-0.2, -0.15) is 0 Å². The quantitative estimate of drug-likeness (QED) is 0.720. The second-order valence-corrected chi connectivity index (χ2v) is 3.81. The van der Waals surface area contributed by atoms with E-state index in [1.807, 2.05) is 6.92 Å². The highest BCUT2D eigenvalue weighted by atomic mass is 19.1. The maximum atomic E-state index is 13.4. The predicted molar refractivity (Wildman–Crippen MR) is 61.9 cm³/mol. The van der Waals surface area contributed by atoms with Crippen molar-refractivity contribution in [1.82, 2.24) is 0 Å². The van der Waals surface area contributed by atoms with Crippen molar-refractivity contribution in [3.05, 3.63) is 59.2 Å². The van der Waals surface area contributed by atoms with Gasteiger partial charge in [-0.15, -0.1) is 0 Å². The van der Waals surface area contributed by atoms with Crippen LogP contribution in [0.25, 0.3) is 11.1 Å². The second-order valence-electron chi connectivity index (χ2n) is 3.81. The van der Waals surface area contributed by atoms with Gasteiger partial charge < -0.3 is 0 Å². The van der Waals surface area contributed by atoms with Crippen molar-refractivity contribution in [2.24, 2.45) is 0 Å². The highest BCUT2D eigenvalue weighted by Gasteiger charge is 2.07. The number of benzene rings is 2. The SMILES string of the molecule is Cc1ccc(F)cc1-c1ccc(C=O)c(F)c1. The minimum atomic E-state index is -0.596. The fourth-order valence-electron chi connectivity index (χ4n) is 1.70. The molecule has 3 heteroatoms. The Hall–Kier alpha value is -2.03. The average molecular weight is 232 g/mol. The fraction of sp³-hybridized carbons (Fsp3) is 0.0714. The largest absolute Gasteiger partial charge is 0.298 e. The number of carbonyl (C=O) groups excluding carboxylic acids is 1. The topological polar surface area (TPSA) is 17.1 Å². The van der Waals surface area contributed by atoms with E-state index in [-0.39, 0.29) is 11.4 Å². The van der Waals surface area contributed by atoms with Gasteiger partial charge in [-0.1, -0.05) is 12.1 Å². The number of hydrogen-bond acceptors (Lipinski definition) is 1. The van der Waals surface area contributed by atoms with Crippen molar-refractivity contribution in [3.63, 3.8) is 0 Å². The molecular weight excluding hydrogens is 222 g/mol. The molecule has 17 heavy (non-hydrogen) atoms. The van der Waals surface area contributed by atoms with Gasteiger partial charge in [0.05, 0.1) is 5.56 Å². The molecule has 2 aromatic rings. The van der Waals surface area contributed by atoms with Crippen LogP contribution in [-0.4, -0.2) is 6.29 Å². The van der Waals surface area contributed by atoms with Crippen molar-refractivity contribution in [1.29, 1.82) is 0 Å². The molecule has 0 N–H and O–H groups in total. The van der Waals surface area contributed by atoms with E-state index in [9.17, 15) is 13.6 Å². The molecule has 2 rings (SSSR count). The van der Waals surface area contributed by atoms with E-state index in [1.165, 1.54) is 24.3 Å². The fourth-order valence-corrected chi connectivity index (χ4v) is 1.70. The number of aryl methyl sites for hydroxylation is 1. The summed E-state index contributed by atoms with van der Waals surface area (Å²) in [6.45, 7) is 1.82. The summed E-state index contributed by atoms with van der Waals surface area (Å²) in [5.41, 5.74) is 2.04. The number of halogens is 2. The minimum absolute atomic E-state index is 0.00260. The molecule has 0 saturated heterocycles. The van der Waals surface area contributed by atoms with Crippen LogP contribution in [0.5, 0.6) is 0 Å². The van der Waals surface area contributed by atoms with Gasteiger partial charge in [-0.25, -0.2) is 8.78 Å². The summed E-state index contributed by atoms with van der Waals surface area (Å²) < 4.78 is 26.6. The lowest BCUT2D eigenvalue weighted by Crippen LogP contribution is -1.90. The highest BCUT2D eigenvalue weighted by molar-refractivity contribution is 5.78. The molecule has 0 amide bonds. The van der Waals surface area contributed by atoms with E-state index in [0.29, 0.717) is 17.4 Å². The first-order valence-electron chi connectivity index (χ1n) is 5.13. The Morgan fingerprint density at radius 1 is 1.06 bits per heavy atom. The minimum Gasteiger partial charge on any atom is -0.298 e. The van der Waals surface area contributed by atoms with Gasteiger partial charge in [0.25, 0.3) is 0 Å². The van der Waals surface area contributed by atoms with Gasteiger partial charge in [0.1, 0.15) is 11.6 Å². The predicted octanol–water partition coefficient (Wildman–Crippen LogP) is 3.75. The highest BCUT2D eigenvalue weighted by Crippen LogP contribution is 2.25. The maximum absolute atomic E-state index is 13.4. The Kier molecular flexibility index (Phi) is 3.00. The van der Waals surface area contributed by atoms with Gasteiger partial charge >= 0.3 is 0 Å². The van der Waals surface area contributed by atoms with Crippen molar-refractivity contribution < 1.29 is 13.6 Å². The molecule has 0 radical (unpaired) electrons. The van der Waals surface area contributed by atoms with Crippen molar-refractivity contribution >= 4 is 6.29 Å². The summed E-state index contributed by atoms with van der Waals surface area (Å²) in [5, 5.41) is 0. The smallest absolute Gasteiger partial charge is 0.152 e. The molecule has 0 unspecified atom stereocenters. The van der Waals surface area contributed by atoms with Crippen LogP contribution in [0, 0.1) is 18.6 Å². The number of aldehydes is 1. The first-order chi connectivity index (χ1) is 8.11. The van der Waals surface area contributed by atoms with Gasteiger partial charge in [-0.3, -0.25) is 4.79 Å². The Bertz CT molecular complexity index is 576. The molecule has 0 atom stereocenters. The molecule has 0 aromatic heterocycles. The first-order valence-corrected chi connectivity index (χ1v) is 5.13. The molecule has 0 aliphatic heterocycles. The molecule has 0 aliphatic carbocycles. The van der Waals surface area contributed by atoms with E-state index < -0.39 is 5.82 Å². The monoisotopic (exact) mass is 232 g/mol. The molecule has 86 valence electrons. The zero-order chi connectivity index (χ0) is 12.4. The van der Waals surface area contributed by atoms with Crippen LogP contribution in [0.1, 0.15) is 15.9 Å². The Balaban J connectivity index is 2.57. The van der Waals surface area contributed by atoms with E-state index in [0.717, 1.165) is 5.56 Å². The third-order valence-electron chi connectivity index (χ3n) is 2.64. The summed E-state index contributed by atoms with van der Waals surface area (Å²) in [6.07, 6.45) is 0.456. The molecule has 0 saturated carbocycles. The van der Waals surface area contributed by atoms with E-state index >= 15 is 0 Å². The van der Waals surface area contributed by atoms with Crippen molar-refractivity contribution in [3.8, 4) is 11.1 Å². The summed E-state index contributed by atoms with van der Waals surface area (Å²) in [7, 11) is 0. The molecule has 2 aromatic carbocycles. The summed E-state index contributed by atoms with van der Waals surface area (Å²) >= 11 is 0. The van der Waals surface area contributed by atoms with E-state index in [2.05, 4.69) is 0 Å². The lowest BCUT2D eigenvalue weighted by Gasteiger charge is -2.07. The zero-order valence-corrected chi connectivity index (χ0v) is 9.21. The van der Waals surface area contributed by atoms with Crippen LogP contribution in [-0.2, 0) is 0 Å². The van der Waals surface area contributed by atoms with Crippen LogP contribution in [0.2, 0.25) is 0 Å². The van der Waals surface area contributed by atoms with Gasteiger partial charge in [0.2, 0.25) is 0 Å². The third kappa shape index (κ3) is 2.23. The van der Waals surface area contributed by atoms with E-state index in [1.54, 1.807) is 12.1 Å². The van der Waals surface area contributed by atoms with E-state index in [4.69, 9.17) is 0 Å². The second kappa shape index (κ2) is 4.45. The number of carbonyl (C=O) groups is 1. The van der Waals surface area contributed by atoms with Crippen LogP contribution in [0.4, 0.5) is 8.78 Å². The molecule has 0 fully saturated rings. The lowest BCUT2D eigenvalue weighted by atomic mass is 9.99. The third-order valence-corrected chi connectivity index (χ3v) is 2.64. The van der Waals surface area contributed by atoms with Crippen molar-refractivity contribution in [2.45, 2.75) is 6.92 Å². The molecule has 0 aliphatic rings. The Morgan fingerprint density at radius 2 is 1.82 bits per heavy atom. The van der Waals surface area contributed by atoms with Gasteiger partial charge in [0, 0.05) is 0 Å². The molecule has 0 bridgehead atoms. The summed E-state index contributed by atoms with van der Waals surface area (Å²) in [6, 6.07) is 8.58. The van der Waals surface area contributed by atoms with Gasteiger partial charge in [0.15, 0.2) is 6.29 Å². The number of hydrogen-bond donors (Lipinski definition) is 0. The maximum Gasteiger partial charge on any atom is 0.152 e. The molecule has 1 nitrogen and oxygen atoms in total. The van der Waals surface area contributed by atoms with Crippen LogP contribution in [0.15, 0.2) is 36.4 Å². The van der Waals surface area contributed by atoms with Gasteiger partial charge in [-0.05, 0) is 47.9 Å². The number of rotatable bonds is 2. The Morgan fingerprint density at radius 3 is 2.47 bits per heavy atom. The van der Waals surface area contributed by atoms with Crippen LogP contribution in [0.3, 0.4) is 0 Å². The first kappa shape index (κ1) is 11.5. The molecule has 0 heterocycles. The normalized spacial score (nSPS) is 10.3. The van der Waals surface area contributed by atoms with Crippen LogP contribution >= 0.6 is 0 Å². The summed E-state index contributed by atoms with van der Waals surface area (Å²) in [4.78, 5) is 10.5. The molecule has 0 spiro atoms.